The topological polar surface area (TPSA) is 93.4 Å². The van der Waals surface area contributed by atoms with Gasteiger partial charge in [-0.25, -0.2) is 0 Å². The fraction of sp³-hybridized carbons (Fsp3) is 0.238. The second kappa shape index (κ2) is 8.14. The van der Waals surface area contributed by atoms with Crippen molar-refractivity contribution in [1.29, 1.82) is 0 Å². The van der Waals surface area contributed by atoms with Crippen molar-refractivity contribution in [2.45, 2.75) is 6.92 Å². The summed E-state index contributed by atoms with van der Waals surface area (Å²) in [4.78, 5) is 24.7. The van der Waals surface area contributed by atoms with E-state index < -0.39 is 11.4 Å². The van der Waals surface area contributed by atoms with Gasteiger partial charge in [-0.3, -0.25) is 9.59 Å². The Morgan fingerprint density at radius 1 is 0.862 bits per heavy atom. The van der Waals surface area contributed by atoms with Gasteiger partial charge in [0.15, 0.2) is 17.3 Å². The zero-order valence-electron chi connectivity index (χ0n) is 16.7. The highest BCUT2D eigenvalue weighted by molar-refractivity contribution is 5.85. The lowest BCUT2D eigenvalue weighted by molar-refractivity contribution is -0.132. The molecule has 29 heavy (non-hydrogen) atoms. The molecule has 8 nitrogen and oxygen atoms in total. The first-order valence-electron chi connectivity index (χ1n) is 8.57. The minimum absolute atomic E-state index is 0.0465. The van der Waals surface area contributed by atoms with Gasteiger partial charge in [0.1, 0.15) is 11.3 Å². The molecule has 1 aromatic heterocycles. The highest BCUT2D eigenvalue weighted by atomic mass is 16.5. The van der Waals surface area contributed by atoms with Crippen LogP contribution in [0.4, 0.5) is 0 Å². The Morgan fingerprint density at radius 3 is 2.03 bits per heavy atom. The second-order valence-electron chi connectivity index (χ2n) is 5.96. The van der Waals surface area contributed by atoms with Crippen molar-refractivity contribution >= 4 is 16.9 Å². The van der Waals surface area contributed by atoms with Gasteiger partial charge < -0.3 is 28.1 Å². The number of carbonyl (C=O) groups excluding carboxylic acids is 1. The number of ether oxygens (including phenoxy) is 5. The molecule has 0 aliphatic heterocycles. The van der Waals surface area contributed by atoms with Crippen LogP contribution < -0.4 is 29.1 Å². The Balaban J connectivity index is 2.37. The Bertz CT molecular complexity index is 1100. The number of benzene rings is 2. The van der Waals surface area contributed by atoms with E-state index in [2.05, 4.69) is 0 Å². The van der Waals surface area contributed by atoms with Crippen LogP contribution in [0, 0.1) is 0 Å². The molecule has 0 spiro atoms. The molecule has 0 saturated carbocycles. The number of hydrogen-bond acceptors (Lipinski definition) is 8. The molecule has 0 radical (unpaired) electrons. The smallest absolute Gasteiger partial charge is 0.308 e. The Labute approximate surface area is 166 Å². The first-order chi connectivity index (χ1) is 13.9. The summed E-state index contributed by atoms with van der Waals surface area (Å²) in [7, 11) is 5.92. The van der Waals surface area contributed by atoms with Crippen molar-refractivity contribution in [3.8, 4) is 40.1 Å². The van der Waals surface area contributed by atoms with Crippen LogP contribution in [0.25, 0.3) is 22.3 Å². The predicted octanol–water partition coefficient (Wildman–Crippen LogP) is 3.42. The fourth-order valence-corrected chi connectivity index (χ4v) is 2.92. The van der Waals surface area contributed by atoms with Gasteiger partial charge in [-0.1, -0.05) is 0 Å². The molecule has 0 N–H and O–H groups in total. The van der Waals surface area contributed by atoms with Gasteiger partial charge >= 0.3 is 5.97 Å². The third-order valence-corrected chi connectivity index (χ3v) is 4.23. The van der Waals surface area contributed by atoms with Crippen LogP contribution >= 0.6 is 0 Å². The number of hydrogen-bond donors (Lipinski definition) is 0. The lowest BCUT2D eigenvalue weighted by Gasteiger charge is -2.15. The van der Waals surface area contributed by atoms with Crippen molar-refractivity contribution in [3.63, 3.8) is 0 Å². The number of methoxy groups -OCH3 is 4. The first-order valence-corrected chi connectivity index (χ1v) is 8.57. The van der Waals surface area contributed by atoms with Crippen molar-refractivity contribution in [2.24, 2.45) is 0 Å². The van der Waals surface area contributed by atoms with E-state index >= 15 is 0 Å². The Kier molecular flexibility index (Phi) is 5.63. The van der Waals surface area contributed by atoms with Crippen molar-refractivity contribution in [3.05, 3.63) is 40.6 Å². The summed E-state index contributed by atoms with van der Waals surface area (Å²) in [5, 5.41) is 0.248. The largest absolute Gasteiger partial charge is 0.497 e. The van der Waals surface area contributed by atoms with E-state index in [1.807, 2.05) is 0 Å². The van der Waals surface area contributed by atoms with Gasteiger partial charge in [0.05, 0.1) is 33.8 Å². The molecular formula is C21H20O8. The first kappa shape index (κ1) is 20.1. The van der Waals surface area contributed by atoms with Crippen molar-refractivity contribution in [1.82, 2.24) is 0 Å². The van der Waals surface area contributed by atoms with Crippen LogP contribution in [0.2, 0.25) is 0 Å². The highest BCUT2D eigenvalue weighted by Crippen LogP contribution is 2.43. The molecule has 1 heterocycles. The molecule has 0 amide bonds. The molecule has 0 bridgehead atoms. The van der Waals surface area contributed by atoms with Crippen LogP contribution in [0.1, 0.15) is 6.92 Å². The van der Waals surface area contributed by atoms with Crippen molar-refractivity contribution < 1.29 is 32.9 Å². The highest BCUT2D eigenvalue weighted by Gasteiger charge is 2.23. The van der Waals surface area contributed by atoms with E-state index in [1.54, 1.807) is 30.3 Å². The summed E-state index contributed by atoms with van der Waals surface area (Å²) < 4.78 is 32.4. The Morgan fingerprint density at radius 2 is 1.52 bits per heavy atom. The number of esters is 1. The van der Waals surface area contributed by atoms with Crippen LogP contribution in [-0.2, 0) is 4.79 Å². The maximum atomic E-state index is 13.0. The molecule has 3 rings (SSSR count). The van der Waals surface area contributed by atoms with E-state index in [0.29, 0.717) is 28.6 Å². The average molecular weight is 400 g/mol. The zero-order valence-corrected chi connectivity index (χ0v) is 16.7. The molecule has 0 saturated heterocycles. The summed E-state index contributed by atoms with van der Waals surface area (Å²) in [6.07, 6.45) is 0. The molecule has 0 unspecified atom stereocenters. The monoisotopic (exact) mass is 400 g/mol. The number of fused-ring (bicyclic) bond motifs is 1. The molecular weight excluding hydrogens is 380 g/mol. The molecule has 152 valence electrons. The van der Waals surface area contributed by atoms with Gasteiger partial charge in [0, 0.05) is 18.6 Å². The van der Waals surface area contributed by atoms with Gasteiger partial charge in [0.25, 0.3) is 0 Å². The molecule has 3 aromatic rings. The second-order valence-corrected chi connectivity index (χ2v) is 5.96. The lowest BCUT2D eigenvalue weighted by atomic mass is 10.1. The summed E-state index contributed by atoms with van der Waals surface area (Å²) >= 11 is 0. The van der Waals surface area contributed by atoms with E-state index in [9.17, 15) is 9.59 Å². The molecule has 0 aliphatic rings. The minimum atomic E-state index is -0.654. The maximum absolute atomic E-state index is 13.0. The fourth-order valence-electron chi connectivity index (χ4n) is 2.92. The van der Waals surface area contributed by atoms with Gasteiger partial charge in [-0.2, -0.15) is 0 Å². The molecule has 2 aromatic carbocycles. The van der Waals surface area contributed by atoms with E-state index in [-0.39, 0.29) is 22.5 Å². The van der Waals surface area contributed by atoms with E-state index in [0.717, 1.165) is 0 Å². The van der Waals surface area contributed by atoms with Crippen LogP contribution in [0.3, 0.4) is 0 Å². The van der Waals surface area contributed by atoms with E-state index in [1.165, 1.54) is 35.4 Å². The van der Waals surface area contributed by atoms with Crippen LogP contribution in [0.15, 0.2) is 39.5 Å². The normalized spacial score (nSPS) is 10.5. The standard InChI is InChI=1S/C21H20O8/c1-11(22)28-21-18(23)14-7-6-13(24-2)10-15(14)29-19(21)12-8-16(25-3)20(27-5)17(9-12)26-4/h6-10H,1-5H3. The lowest BCUT2D eigenvalue weighted by Crippen LogP contribution is -2.13. The third kappa shape index (κ3) is 3.69. The molecule has 0 fully saturated rings. The maximum Gasteiger partial charge on any atom is 0.308 e. The van der Waals surface area contributed by atoms with Crippen LogP contribution in [-0.4, -0.2) is 34.4 Å². The SMILES string of the molecule is COc1ccc2c(=O)c(OC(C)=O)c(-c3cc(OC)c(OC)c(OC)c3)oc2c1. The quantitative estimate of drug-likeness (QED) is 0.581. The van der Waals surface area contributed by atoms with Gasteiger partial charge in [0.2, 0.25) is 16.9 Å². The minimum Gasteiger partial charge on any atom is -0.497 e. The number of carbonyl (C=O) groups is 1. The van der Waals surface area contributed by atoms with Crippen molar-refractivity contribution in [2.75, 3.05) is 28.4 Å². The van der Waals surface area contributed by atoms with E-state index in [4.69, 9.17) is 28.1 Å². The summed E-state index contributed by atoms with van der Waals surface area (Å²) in [5.74, 6) is 0.746. The predicted molar refractivity (Wildman–Crippen MR) is 105 cm³/mol. The summed E-state index contributed by atoms with van der Waals surface area (Å²) in [6, 6.07) is 7.94. The third-order valence-electron chi connectivity index (χ3n) is 4.23. The van der Waals surface area contributed by atoms with Crippen LogP contribution in [0.5, 0.6) is 28.7 Å². The molecule has 8 heteroatoms. The molecule has 0 aliphatic carbocycles. The summed E-state index contributed by atoms with van der Waals surface area (Å²) in [6.45, 7) is 1.20. The Hall–Kier alpha value is -3.68. The van der Waals surface area contributed by atoms with Gasteiger partial charge in [-0.15, -0.1) is 0 Å². The number of rotatable bonds is 6. The molecule has 0 atom stereocenters. The van der Waals surface area contributed by atoms with Gasteiger partial charge in [-0.05, 0) is 24.3 Å². The summed E-state index contributed by atoms with van der Waals surface area (Å²) in [5.41, 5.74) is 0.180. The zero-order chi connectivity index (χ0) is 21.1. The average Bonchev–Trinajstić information content (AvgIpc) is 2.73.